The molecule has 1 aromatic heterocycles. The summed E-state index contributed by atoms with van der Waals surface area (Å²) in [6.07, 6.45) is -0.123. The van der Waals surface area contributed by atoms with Gasteiger partial charge in [0, 0.05) is 37.5 Å². The molecule has 0 bridgehead atoms. The van der Waals surface area contributed by atoms with E-state index in [9.17, 15) is 4.79 Å². The third-order valence-corrected chi connectivity index (χ3v) is 3.51. The fourth-order valence-electron chi connectivity index (χ4n) is 2.77. The van der Waals surface area contributed by atoms with E-state index in [0.29, 0.717) is 31.1 Å². The SMILES string of the molecule is COC[C@@H]1CN(C(=O)c2cc(C)nc(OC)c2)CC(C)(C)O1. The van der Waals surface area contributed by atoms with Gasteiger partial charge in [-0.1, -0.05) is 0 Å². The Labute approximate surface area is 131 Å². The maximum absolute atomic E-state index is 12.8. The number of aryl methyl sites for hydroxylation is 1. The molecule has 1 saturated heterocycles. The van der Waals surface area contributed by atoms with Crippen molar-refractivity contribution >= 4 is 5.91 Å². The van der Waals surface area contributed by atoms with Crippen molar-refractivity contribution in [2.45, 2.75) is 32.5 Å². The summed E-state index contributed by atoms with van der Waals surface area (Å²) in [5.74, 6) is 0.408. The molecule has 22 heavy (non-hydrogen) atoms. The number of carbonyl (C=O) groups is 1. The molecule has 0 aliphatic carbocycles. The highest BCUT2D eigenvalue weighted by Crippen LogP contribution is 2.23. The second kappa shape index (κ2) is 6.62. The molecule has 1 amide bonds. The van der Waals surface area contributed by atoms with Gasteiger partial charge in [-0.25, -0.2) is 4.98 Å². The fourth-order valence-corrected chi connectivity index (χ4v) is 2.77. The lowest BCUT2D eigenvalue weighted by Crippen LogP contribution is -2.55. The van der Waals surface area contributed by atoms with Crippen LogP contribution in [0.1, 0.15) is 29.9 Å². The van der Waals surface area contributed by atoms with Crippen LogP contribution in [0.15, 0.2) is 12.1 Å². The van der Waals surface area contributed by atoms with E-state index >= 15 is 0 Å². The predicted octanol–water partition coefficient (Wildman–Crippen LogP) is 1.66. The highest BCUT2D eigenvalue weighted by atomic mass is 16.5. The van der Waals surface area contributed by atoms with Crippen LogP contribution in [0.3, 0.4) is 0 Å². The quantitative estimate of drug-likeness (QED) is 0.846. The Balaban J connectivity index is 2.22. The Hall–Kier alpha value is -1.66. The summed E-state index contributed by atoms with van der Waals surface area (Å²) in [6.45, 7) is 7.32. The molecule has 0 unspecified atom stereocenters. The number of rotatable bonds is 4. The zero-order valence-corrected chi connectivity index (χ0v) is 13.9. The van der Waals surface area contributed by atoms with Gasteiger partial charge in [0.2, 0.25) is 5.88 Å². The van der Waals surface area contributed by atoms with Gasteiger partial charge in [0.05, 0.1) is 25.4 Å². The molecule has 1 atom stereocenters. The van der Waals surface area contributed by atoms with E-state index in [4.69, 9.17) is 14.2 Å². The van der Waals surface area contributed by atoms with Crippen LogP contribution >= 0.6 is 0 Å². The Morgan fingerprint density at radius 1 is 1.45 bits per heavy atom. The van der Waals surface area contributed by atoms with Crippen molar-refractivity contribution in [2.24, 2.45) is 0 Å². The number of amides is 1. The summed E-state index contributed by atoms with van der Waals surface area (Å²) in [5.41, 5.74) is 0.936. The minimum absolute atomic E-state index is 0.0405. The molecular formula is C16H24N2O4. The standard InChI is InChI=1S/C16H24N2O4/c1-11-6-12(7-14(17-11)21-5)15(19)18-8-13(9-20-4)22-16(2,3)10-18/h6-7,13H,8-10H2,1-5H3/t13-/m0/s1. The van der Waals surface area contributed by atoms with Gasteiger partial charge in [-0.05, 0) is 26.8 Å². The lowest BCUT2D eigenvalue weighted by atomic mass is 10.0. The Kier molecular flexibility index (Phi) is 5.03. The van der Waals surface area contributed by atoms with E-state index in [1.54, 1.807) is 31.3 Å². The van der Waals surface area contributed by atoms with E-state index < -0.39 is 5.60 Å². The molecule has 2 rings (SSSR count). The molecule has 0 N–H and O–H groups in total. The normalized spacial score (nSPS) is 20.8. The van der Waals surface area contributed by atoms with Crippen LogP contribution in [0.25, 0.3) is 0 Å². The van der Waals surface area contributed by atoms with Crippen molar-refractivity contribution in [1.29, 1.82) is 0 Å². The van der Waals surface area contributed by atoms with Crippen LogP contribution in [-0.2, 0) is 9.47 Å². The average Bonchev–Trinajstić information content (AvgIpc) is 2.44. The molecular weight excluding hydrogens is 284 g/mol. The van der Waals surface area contributed by atoms with Gasteiger partial charge in [0.15, 0.2) is 0 Å². The van der Waals surface area contributed by atoms with E-state index in [2.05, 4.69) is 4.98 Å². The van der Waals surface area contributed by atoms with E-state index in [1.807, 2.05) is 20.8 Å². The zero-order valence-electron chi connectivity index (χ0n) is 13.9. The number of morpholine rings is 1. The number of aromatic nitrogens is 1. The van der Waals surface area contributed by atoms with Gasteiger partial charge < -0.3 is 19.1 Å². The highest BCUT2D eigenvalue weighted by molar-refractivity contribution is 5.94. The van der Waals surface area contributed by atoms with Crippen LogP contribution in [0.2, 0.25) is 0 Å². The first-order chi connectivity index (χ1) is 10.3. The second-order valence-corrected chi connectivity index (χ2v) is 6.18. The molecule has 6 heteroatoms. The highest BCUT2D eigenvalue weighted by Gasteiger charge is 2.36. The number of nitrogens with zero attached hydrogens (tertiary/aromatic N) is 2. The Morgan fingerprint density at radius 3 is 2.82 bits per heavy atom. The molecule has 2 heterocycles. The molecule has 6 nitrogen and oxygen atoms in total. The van der Waals surface area contributed by atoms with Crippen LogP contribution in [0, 0.1) is 6.92 Å². The van der Waals surface area contributed by atoms with Gasteiger partial charge >= 0.3 is 0 Å². The maximum atomic E-state index is 12.8. The first-order valence-corrected chi connectivity index (χ1v) is 7.33. The predicted molar refractivity (Wildman–Crippen MR) is 82.3 cm³/mol. The fraction of sp³-hybridized carbons (Fsp3) is 0.625. The van der Waals surface area contributed by atoms with Crippen molar-refractivity contribution in [3.8, 4) is 5.88 Å². The summed E-state index contributed by atoms with van der Waals surface area (Å²) in [6, 6.07) is 3.45. The third kappa shape index (κ3) is 3.96. The number of methoxy groups -OCH3 is 2. The molecule has 0 spiro atoms. The molecule has 0 radical (unpaired) electrons. The molecule has 122 valence electrons. The Bertz CT molecular complexity index is 545. The molecule has 0 saturated carbocycles. The molecule has 1 aliphatic rings. The van der Waals surface area contributed by atoms with Gasteiger partial charge in [-0.3, -0.25) is 4.79 Å². The minimum atomic E-state index is -0.400. The van der Waals surface area contributed by atoms with E-state index in [1.165, 1.54) is 0 Å². The summed E-state index contributed by atoms with van der Waals surface area (Å²) in [7, 11) is 3.18. The smallest absolute Gasteiger partial charge is 0.254 e. The van der Waals surface area contributed by atoms with Crippen molar-refractivity contribution in [3.63, 3.8) is 0 Å². The maximum Gasteiger partial charge on any atom is 0.254 e. The van der Waals surface area contributed by atoms with Crippen molar-refractivity contribution in [1.82, 2.24) is 9.88 Å². The lowest BCUT2D eigenvalue weighted by Gasteiger charge is -2.42. The molecule has 1 aromatic rings. The lowest BCUT2D eigenvalue weighted by molar-refractivity contribution is -0.143. The zero-order chi connectivity index (χ0) is 16.3. The van der Waals surface area contributed by atoms with Gasteiger partial charge in [-0.2, -0.15) is 0 Å². The molecule has 0 aromatic carbocycles. The van der Waals surface area contributed by atoms with E-state index in [-0.39, 0.29) is 12.0 Å². The minimum Gasteiger partial charge on any atom is -0.481 e. The average molecular weight is 308 g/mol. The summed E-state index contributed by atoms with van der Waals surface area (Å²) >= 11 is 0. The van der Waals surface area contributed by atoms with Crippen LogP contribution < -0.4 is 4.74 Å². The van der Waals surface area contributed by atoms with Gasteiger partial charge in [0.25, 0.3) is 5.91 Å². The van der Waals surface area contributed by atoms with E-state index in [0.717, 1.165) is 5.69 Å². The monoisotopic (exact) mass is 308 g/mol. The van der Waals surface area contributed by atoms with Crippen LogP contribution in [0.5, 0.6) is 5.88 Å². The van der Waals surface area contributed by atoms with Crippen LogP contribution in [-0.4, -0.2) is 61.4 Å². The van der Waals surface area contributed by atoms with Crippen molar-refractivity contribution in [2.75, 3.05) is 33.9 Å². The van der Waals surface area contributed by atoms with Gasteiger partial charge in [-0.15, -0.1) is 0 Å². The number of carbonyl (C=O) groups excluding carboxylic acids is 1. The second-order valence-electron chi connectivity index (χ2n) is 6.18. The summed E-state index contributed by atoms with van der Waals surface area (Å²) in [5, 5.41) is 0. The number of pyridine rings is 1. The largest absolute Gasteiger partial charge is 0.481 e. The topological polar surface area (TPSA) is 60.9 Å². The van der Waals surface area contributed by atoms with Crippen molar-refractivity contribution < 1.29 is 19.0 Å². The third-order valence-electron chi connectivity index (χ3n) is 3.51. The van der Waals surface area contributed by atoms with Crippen molar-refractivity contribution in [3.05, 3.63) is 23.4 Å². The first kappa shape index (κ1) is 16.7. The van der Waals surface area contributed by atoms with Crippen LogP contribution in [0.4, 0.5) is 0 Å². The molecule has 1 fully saturated rings. The number of hydrogen-bond donors (Lipinski definition) is 0. The molecule has 1 aliphatic heterocycles. The van der Waals surface area contributed by atoms with Gasteiger partial charge in [0.1, 0.15) is 0 Å². The Morgan fingerprint density at radius 2 is 2.18 bits per heavy atom. The first-order valence-electron chi connectivity index (χ1n) is 7.33. The number of hydrogen-bond acceptors (Lipinski definition) is 5. The summed E-state index contributed by atoms with van der Waals surface area (Å²) in [4.78, 5) is 18.8. The number of ether oxygens (including phenoxy) is 3. The summed E-state index contributed by atoms with van der Waals surface area (Å²) < 4.78 is 16.3.